The summed E-state index contributed by atoms with van der Waals surface area (Å²) in [5, 5.41) is 36.1. The number of carboxylic acids is 1. The van der Waals surface area contributed by atoms with Crippen molar-refractivity contribution in [3.05, 3.63) is 108 Å². The molecular weight excluding hydrogens is 779 g/mol. The summed E-state index contributed by atoms with van der Waals surface area (Å²) in [5.74, 6) is -2.15. The highest BCUT2D eigenvalue weighted by molar-refractivity contribution is 7.14. The van der Waals surface area contributed by atoms with E-state index in [1.807, 2.05) is 0 Å². The van der Waals surface area contributed by atoms with Crippen LogP contribution in [0, 0.1) is 17.0 Å². The summed E-state index contributed by atoms with van der Waals surface area (Å²) in [4.78, 5) is 29.2. The number of ether oxygens (including phenoxy) is 3. The number of benzene rings is 2. The molecule has 2 aromatic heterocycles. The van der Waals surface area contributed by atoms with E-state index in [4.69, 9.17) is 37.4 Å². The van der Waals surface area contributed by atoms with Gasteiger partial charge in [0.2, 0.25) is 0 Å². The lowest BCUT2D eigenvalue weighted by Crippen LogP contribution is -2.34. The van der Waals surface area contributed by atoms with Gasteiger partial charge >= 0.3 is 18.6 Å². The normalized spacial score (nSPS) is 16.2. The fraction of sp³-hybridized carbons (Fsp3) is 0.410. The zero-order valence-electron chi connectivity index (χ0n) is 29.9. The number of phenols is 1. The van der Waals surface area contributed by atoms with E-state index in [1.54, 1.807) is 30.3 Å². The number of nitrogens with one attached hydrogen (secondary N) is 1. The number of nitrogens with zero attached hydrogens (tertiary/aromatic N) is 2. The van der Waals surface area contributed by atoms with Crippen LogP contribution in [0.15, 0.2) is 60.9 Å². The molecule has 1 aliphatic carbocycles. The Labute approximate surface area is 330 Å². The van der Waals surface area contributed by atoms with Gasteiger partial charge in [0.25, 0.3) is 0 Å². The first-order chi connectivity index (χ1) is 26.3. The summed E-state index contributed by atoms with van der Waals surface area (Å²) < 4.78 is 43.7. The second-order valence-corrected chi connectivity index (χ2v) is 15.9. The molecule has 16 heteroatoms. The Morgan fingerprint density at radius 3 is 2.36 bits per heavy atom. The highest BCUT2D eigenvalue weighted by Crippen LogP contribution is 2.42. The number of thiophene rings is 1. The maximum atomic E-state index is 13.6. The SMILES string of the molecule is CN1CCC(COC(=O)C(NCc2cc([C@@H](Cc3c(Cl)c[n+]([O-])cc3Cl)c3ccc(OC(F)F)c(OCC4CC4)c3)c(C(=O)O)s2)c2cccc(O)c2)CC1. The zero-order valence-corrected chi connectivity index (χ0v) is 32.2. The van der Waals surface area contributed by atoms with Crippen LogP contribution in [0.2, 0.25) is 10.0 Å². The number of halogens is 4. The standard InChI is InChI=1S/C39H41Cl2F2N3O8S/c1-45-11-9-23(10-12-45)21-53-38(50)35(25-3-2-4-26(47)13-25)44-17-27-15-29(36(55-27)37(48)49)28(16-30-31(40)18-46(51)19-32(30)41)24-7-8-33(54-39(42)43)34(14-24)52-20-22-5-6-22/h2-4,7-8,13-15,18-19,22-23,28,35,39,44,47H,5-6,9-12,16-17,20-21H2,1H3,(H,48,49)/t28-,35?/m0/s1. The first kappa shape index (κ1) is 40.5. The van der Waals surface area contributed by atoms with E-state index in [0.29, 0.717) is 44.4 Å². The molecule has 6 rings (SSSR count). The molecule has 2 aliphatic rings. The van der Waals surface area contributed by atoms with Crippen LogP contribution in [0.5, 0.6) is 17.2 Å². The van der Waals surface area contributed by atoms with E-state index in [0.717, 1.165) is 62.5 Å². The Bertz CT molecular complexity index is 1970. The molecule has 2 aromatic carbocycles. The molecule has 4 aromatic rings. The number of pyridine rings is 1. The van der Waals surface area contributed by atoms with Gasteiger partial charge in [-0.1, -0.05) is 41.4 Å². The van der Waals surface area contributed by atoms with Gasteiger partial charge in [0.15, 0.2) is 23.9 Å². The van der Waals surface area contributed by atoms with Crippen molar-refractivity contribution in [2.45, 2.75) is 57.2 Å². The molecule has 0 radical (unpaired) electrons. The van der Waals surface area contributed by atoms with Crippen LogP contribution in [0.25, 0.3) is 0 Å². The minimum absolute atomic E-state index is 0.0176. The van der Waals surface area contributed by atoms with Gasteiger partial charge in [-0.05, 0) is 111 Å². The molecule has 0 spiro atoms. The molecule has 3 heterocycles. The number of alkyl halides is 2. The van der Waals surface area contributed by atoms with Gasteiger partial charge in [-0.25, -0.2) is 9.59 Å². The summed E-state index contributed by atoms with van der Waals surface area (Å²) in [5.41, 5.74) is 1.69. The molecule has 1 aliphatic heterocycles. The molecule has 2 atom stereocenters. The third-order valence-corrected chi connectivity index (χ3v) is 11.6. The van der Waals surface area contributed by atoms with Gasteiger partial charge in [-0.15, -0.1) is 11.3 Å². The summed E-state index contributed by atoms with van der Waals surface area (Å²) in [6.07, 6.45) is 6.00. The number of likely N-dealkylation sites (tertiary alicyclic amines) is 1. The highest BCUT2D eigenvalue weighted by atomic mass is 35.5. The van der Waals surface area contributed by atoms with Crippen molar-refractivity contribution in [2.75, 3.05) is 33.4 Å². The second kappa shape index (κ2) is 18.2. The first-order valence-corrected chi connectivity index (χ1v) is 19.4. The van der Waals surface area contributed by atoms with Gasteiger partial charge in [-0.2, -0.15) is 13.5 Å². The van der Waals surface area contributed by atoms with Crippen molar-refractivity contribution >= 4 is 46.5 Å². The number of hydrogen-bond acceptors (Lipinski definition) is 10. The Morgan fingerprint density at radius 2 is 1.71 bits per heavy atom. The monoisotopic (exact) mass is 819 g/mol. The number of carboxylic acid groups (broad SMARTS) is 1. The quantitative estimate of drug-likeness (QED) is 0.0555. The fourth-order valence-corrected chi connectivity index (χ4v) is 8.21. The van der Waals surface area contributed by atoms with Crippen LogP contribution in [0.4, 0.5) is 8.78 Å². The van der Waals surface area contributed by atoms with Crippen LogP contribution in [0.1, 0.15) is 74.4 Å². The molecule has 1 unspecified atom stereocenters. The average molecular weight is 821 g/mol. The highest BCUT2D eigenvalue weighted by Gasteiger charge is 2.30. The molecule has 1 saturated heterocycles. The van der Waals surface area contributed by atoms with Crippen LogP contribution >= 0.6 is 34.5 Å². The molecule has 2 fully saturated rings. The topological polar surface area (TPSA) is 145 Å². The maximum absolute atomic E-state index is 13.6. The first-order valence-electron chi connectivity index (χ1n) is 17.9. The Balaban J connectivity index is 1.33. The predicted molar refractivity (Wildman–Crippen MR) is 202 cm³/mol. The predicted octanol–water partition coefficient (Wildman–Crippen LogP) is 7.57. The lowest BCUT2D eigenvalue weighted by Gasteiger charge is -2.29. The number of carbonyl (C=O) groups excluding carboxylic acids is 1. The zero-order chi connectivity index (χ0) is 39.2. The van der Waals surface area contributed by atoms with Crippen molar-refractivity contribution in [3.8, 4) is 17.2 Å². The number of hydrogen-bond donors (Lipinski definition) is 3. The van der Waals surface area contributed by atoms with Crippen molar-refractivity contribution < 1.29 is 47.5 Å². The molecule has 0 amide bonds. The van der Waals surface area contributed by atoms with E-state index in [9.17, 15) is 33.8 Å². The number of phenolic OH excluding ortho intramolecular Hbond substituents is 1. The molecule has 1 saturated carbocycles. The largest absolute Gasteiger partial charge is 0.619 e. The smallest absolute Gasteiger partial charge is 0.387 e. The third-order valence-electron chi connectivity index (χ3n) is 9.82. The average Bonchev–Trinajstić information content (AvgIpc) is 3.87. The van der Waals surface area contributed by atoms with E-state index in [1.165, 1.54) is 18.2 Å². The van der Waals surface area contributed by atoms with Crippen LogP contribution in [-0.2, 0) is 22.5 Å². The number of aromatic carboxylic acids is 1. The van der Waals surface area contributed by atoms with Gasteiger partial charge in [0, 0.05) is 22.9 Å². The molecule has 11 nitrogen and oxygen atoms in total. The summed E-state index contributed by atoms with van der Waals surface area (Å²) in [6.45, 7) is -0.694. The number of aromatic nitrogens is 1. The van der Waals surface area contributed by atoms with Crippen LogP contribution in [-0.4, -0.2) is 67.0 Å². The second-order valence-electron chi connectivity index (χ2n) is 14.0. The van der Waals surface area contributed by atoms with Gasteiger partial charge in [0.05, 0.1) is 13.2 Å². The Hall–Kier alpha value is -4.21. The molecule has 0 bridgehead atoms. The van der Waals surface area contributed by atoms with Crippen molar-refractivity contribution in [1.82, 2.24) is 10.2 Å². The van der Waals surface area contributed by atoms with Gasteiger partial charge in [0.1, 0.15) is 26.7 Å². The minimum atomic E-state index is -3.11. The summed E-state index contributed by atoms with van der Waals surface area (Å²) in [7, 11) is 2.05. The summed E-state index contributed by atoms with van der Waals surface area (Å²) in [6, 6.07) is 11.4. The van der Waals surface area contributed by atoms with Crippen molar-refractivity contribution in [1.29, 1.82) is 0 Å². The van der Waals surface area contributed by atoms with E-state index in [-0.39, 0.29) is 57.7 Å². The molecular formula is C39H41Cl2F2N3O8S. The van der Waals surface area contributed by atoms with Gasteiger partial charge in [-0.3, -0.25) is 5.32 Å². The molecule has 294 valence electrons. The van der Waals surface area contributed by atoms with Crippen LogP contribution < -0.4 is 19.5 Å². The van der Waals surface area contributed by atoms with Crippen LogP contribution in [0.3, 0.4) is 0 Å². The maximum Gasteiger partial charge on any atom is 0.387 e. The van der Waals surface area contributed by atoms with Gasteiger partial charge < -0.3 is 34.5 Å². The number of rotatable bonds is 17. The number of aromatic hydroxyl groups is 1. The Morgan fingerprint density at radius 1 is 1.00 bits per heavy atom. The van der Waals surface area contributed by atoms with Crippen molar-refractivity contribution in [2.24, 2.45) is 11.8 Å². The van der Waals surface area contributed by atoms with Crippen molar-refractivity contribution in [3.63, 3.8) is 0 Å². The number of piperidine rings is 1. The molecule has 3 N–H and O–H groups in total. The molecule has 55 heavy (non-hydrogen) atoms. The minimum Gasteiger partial charge on any atom is -0.619 e. The lowest BCUT2D eigenvalue weighted by atomic mass is 9.85. The van der Waals surface area contributed by atoms with E-state index >= 15 is 0 Å². The van der Waals surface area contributed by atoms with E-state index < -0.39 is 30.5 Å². The fourth-order valence-electron chi connectivity index (χ4n) is 6.60. The summed E-state index contributed by atoms with van der Waals surface area (Å²) >= 11 is 14.0. The Kier molecular flexibility index (Phi) is 13.4. The number of esters is 1. The van der Waals surface area contributed by atoms with E-state index in [2.05, 4.69) is 17.3 Å². The third kappa shape index (κ3) is 10.8. The lowest BCUT2D eigenvalue weighted by molar-refractivity contribution is -0.605. The number of carbonyl (C=O) groups is 2.